The first-order valence-corrected chi connectivity index (χ1v) is 10.3. The minimum Gasteiger partial charge on any atom is -0.444 e. The number of amides is 1. The largest absolute Gasteiger partial charge is 0.444 e. The maximum absolute atomic E-state index is 14.2. The van der Waals surface area contributed by atoms with Crippen molar-refractivity contribution in [1.29, 1.82) is 0 Å². The number of halogens is 3. The van der Waals surface area contributed by atoms with E-state index in [0.717, 1.165) is 24.1 Å². The van der Waals surface area contributed by atoms with E-state index in [1.807, 2.05) is 25.5 Å². The Bertz CT molecular complexity index is 781. The van der Waals surface area contributed by atoms with Gasteiger partial charge in [0, 0.05) is 42.1 Å². The minimum absolute atomic E-state index is 0.122. The van der Waals surface area contributed by atoms with Gasteiger partial charge < -0.3 is 9.64 Å². The summed E-state index contributed by atoms with van der Waals surface area (Å²) >= 11 is 3.48. The van der Waals surface area contributed by atoms with Gasteiger partial charge in [0.05, 0.1) is 6.04 Å². The van der Waals surface area contributed by atoms with Gasteiger partial charge in [0.1, 0.15) is 10.2 Å². The number of ether oxygens (including phenoxy) is 1. The number of carbonyl (C=O) groups is 1. The number of rotatable bonds is 1. The average molecular weight is 446 g/mol. The lowest BCUT2D eigenvalue weighted by Gasteiger charge is -2.34. The SMILES string of the molecule is CC(C)(C)OC(=O)N1CCC(n2nc(Br)c3c2CC2(C)C(C3)C2(F)F)CC1. The van der Waals surface area contributed by atoms with Crippen LogP contribution in [0.3, 0.4) is 0 Å². The third-order valence-electron chi connectivity index (χ3n) is 6.36. The minimum atomic E-state index is -2.59. The van der Waals surface area contributed by atoms with E-state index in [1.165, 1.54) is 0 Å². The summed E-state index contributed by atoms with van der Waals surface area (Å²) in [7, 11) is 0. The summed E-state index contributed by atoms with van der Waals surface area (Å²) in [6, 6.07) is 0.122. The predicted octanol–water partition coefficient (Wildman–Crippen LogP) is 4.59. The van der Waals surface area contributed by atoms with Crippen molar-refractivity contribution < 1.29 is 18.3 Å². The first-order valence-electron chi connectivity index (χ1n) is 9.55. The molecule has 2 atom stereocenters. The lowest BCUT2D eigenvalue weighted by Crippen LogP contribution is -2.42. The molecule has 1 aromatic rings. The van der Waals surface area contributed by atoms with Crippen LogP contribution in [0, 0.1) is 11.3 Å². The monoisotopic (exact) mass is 445 g/mol. The fourth-order valence-corrected chi connectivity index (χ4v) is 5.17. The molecular formula is C19H26BrF2N3O2. The molecule has 0 N–H and O–H groups in total. The summed E-state index contributed by atoms with van der Waals surface area (Å²) in [6.07, 6.45) is 1.95. The molecule has 0 radical (unpaired) electrons. The molecule has 0 spiro atoms. The normalized spacial score (nSPS) is 29.9. The molecule has 27 heavy (non-hydrogen) atoms. The second-order valence-electron chi connectivity index (χ2n) is 9.33. The number of alkyl halides is 2. The number of nitrogens with zero attached hydrogens (tertiary/aromatic N) is 3. The third kappa shape index (κ3) is 2.98. The fourth-order valence-electron chi connectivity index (χ4n) is 4.60. The molecule has 1 saturated heterocycles. The molecule has 1 amide bonds. The standard InChI is InChI=1S/C19H26BrF2N3O2/c1-17(2,3)27-16(26)24-7-5-11(6-8-24)25-13-10-18(4)14(19(18,21)22)9-12(13)15(20)23-25/h11,14H,5-10H2,1-4H3. The van der Waals surface area contributed by atoms with E-state index in [1.54, 1.807) is 11.8 Å². The number of piperidine rings is 1. The number of aromatic nitrogens is 2. The quantitative estimate of drug-likeness (QED) is 0.634. The first-order chi connectivity index (χ1) is 12.4. The van der Waals surface area contributed by atoms with E-state index in [9.17, 15) is 13.6 Å². The van der Waals surface area contributed by atoms with Gasteiger partial charge in [-0.25, -0.2) is 13.6 Å². The highest BCUT2D eigenvalue weighted by Gasteiger charge is 2.78. The molecule has 2 fully saturated rings. The number of hydrogen-bond donors (Lipinski definition) is 0. The van der Waals surface area contributed by atoms with E-state index >= 15 is 0 Å². The predicted molar refractivity (Wildman–Crippen MR) is 100.0 cm³/mol. The van der Waals surface area contributed by atoms with Crippen molar-refractivity contribution in [3.05, 3.63) is 15.9 Å². The Hall–Kier alpha value is -1.18. The molecule has 1 aliphatic heterocycles. The average Bonchev–Trinajstić information content (AvgIpc) is 2.82. The van der Waals surface area contributed by atoms with Gasteiger partial charge in [-0.1, -0.05) is 6.92 Å². The Labute approximate surface area is 166 Å². The van der Waals surface area contributed by atoms with Crippen molar-refractivity contribution in [3.8, 4) is 0 Å². The molecule has 2 unspecified atom stereocenters. The van der Waals surface area contributed by atoms with Gasteiger partial charge >= 0.3 is 6.09 Å². The topological polar surface area (TPSA) is 47.4 Å². The fraction of sp³-hybridized carbons (Fsp3) is 0.789. The van der Waals surface area contributed by atoms with Crippen molar-refractivity contribution in [1.82, 2.24) is 14.7 Å². The van der Waals surface area contributed by atoms with E-state index in [4.69, 9.17) is 4.74 Å². The molecule has 2 heterocycles. The van der Waals surface area contributed by atoms with Crippen LogP contribution in [0.2, 0.25) is 0 Å². The Kier molecular flexibility index (Phi) is 4.19. The van der Waals surface area contributed by atoms with E-state index < -0.39 is 22.9 Å². The van der Waals surface area contributed by atoms with Crippen LogP contribution in [-0.4, -0.2) is 45.4 Å². The van der Waals surface area contributed by atoms with Crippen LogP contribution in [0.5, 0.6) is 0 Å². The number of fused-ring (bicyclic) bond motifs is 2. The van der Waals surface area contributed by atoms with Gasteiger partial charge in [-0.3, -0.25) is 4.68 Å². The smallest absolute Gasteiger partial charge is 0.410 e. The van der Waals surface area contributed by atoms with Crippen molar-refractivity contribution in [2.24, 2.45) is 11.3 Å². The number of carbonyl (C=O) groups excluding carboxylic acids is 1. The van der Waals surface area contributed by atoms with Crippen LogP contribution in [0.4, 0.5) is 13.6 Å². The zero-order valence-corrected chi connectivity index (χ0v) is 17.8. The summed E-state index contributed by atoms with van der Waals surface area (Å²) in [5.74, 6) is -3.16. The van der Waals surface area contributed by atoms with Crippen molar-refractivity contribution >= 4 is 22.0 Å². The third-order valence-corrected chi connectivity index (χ3v) is 7.00. The molecule has 4 rings (SSSR count). The second kappa shape index (κ2) is 5.91. The number of likely N-dealkylation sites (tertiary alicyclic amines) is 1. The molecule has 2 aliphatic carbocycles. The van der Waals surface area contributed by atoms with Crippen molar-refractivity contribution in [2.45, 2.75) is 70.9 Å². The second-order valence-corrected chi connectivity index (χ2v) is 10.1. The van der Waals surface area contributed by atoms with Gasteiger partial charge in [-0.15, -0.1) is 0 Å². The van der Waals surface area contributed by atoms with E-state index in [2.05, 4.69) is 21.0 Å². The highest BCUT2D eigenvalue weighted by Crippen LogP contribution is 2.70. The van der Waals surface area contributed by atoms with Gasteiger partial charge in [-0.05, 0) is 56.0 Å². The summed E-state index contributed by atoms with van der Waals surface area (Å²) in [6.45, 7) is 8.42. The highest BCUT2D eigenvalue weighted by molar-refractivity contribution is 9.10. The lowest BCUT2D eigenvalue weighted by molar-refractivity contribution is 0.0182. The van der Waals surface area contributed by atoms with Crippen LogP contribution in [0.1, 0.15) is 57.8 Å². The molecule has 150 valence electrons. The zero-order chi connectivity index (χ0) is 19.8. The molecule has 8 heteroatoms. The summed E-state index contributed by atoms with van der Waals surface area (Å²) in [5.41, 5.74) is 0.424. The first kappa shape index (κ1) is 19.2. The van der Waals surface area contributed by atoms with Crippen LogP contribution in [-0.2, 0) is 17.6 Å². The summed E-state index contributed by atoms with van der Waals surface area (Å²) in [5, 5.41) is 4.63. The van der Waals surface area contributed by atoms with Gasteiger partial charge in [0.25, 0.3) is 5.92 Å². The zero-order valence-electron chi connectivity index (χ0n) is 16.2. The van der Waals surface area contributed by atoms with E-state index in [-0.39, 0.29) is 12.1 Å². The Balaban J connectivity index is 1.47. The van der Waals surface area contributed by atoms with Crippen LogP contribution in [0.25, 0.3) is 0 Å². The Morgan fingerprint density at radius 2 is 1.93 bits per heavy atom. The number of hydrogen-bond acceptors (Lipinski definition) is 3. The van der Waals surface area contributed by atoms with Crippen LogP contribution >= 0.6 is 15.9 Å². The lowest BCUT2D eigenvalue weighted by atomic mass is 9.88. The maximum atomic E-state index is 14.2. The molecule has 5 nitrogen and oxygen atoms in total. The maximum Gasteiger partial charge on any atom is 0.410 e. The Morgan fingerprint density at radius 3 is 2.52 bits per heavy atom. The van der Waals surface area contributed by atoms with Crippen LogP contribution in [0.15, 0.2) is 4.60 Å². The summed E-state index contributed by atoms with van der Waals surface area (Å²) < 4.78 is 36.5. The molecule has 0 bridgehead atoms. The highest BCUT2D eigenvalue weighted by atomic mass is 79.9. The molecule has 1 aromatic heterocycles. The van der Waals surface area contributed by atoms with Gasteiger partial charge in [-0.2, -0.15) is 5.10 Å². The summed E-state index contributed by atoms with van der Waals surface area (Å²) in [4.78, 5) is 14.0. The van der Waals surface area contributed by atoms with Crippen LogP contribution < -0.4 is 0 Å². The Morgan fingerprint density at radius 1 is 1.30 bits per heavy atom. The molecule has 3 aliphatic rings. The van der Waals surface area contributed by atoms with Crippen molar-refractivity contribution in [3.63, 3.8) is 0 Å². The van der Waals surface area contributed by atoms with Gasteiger partial charge in [0.15, 0.2) is 0 Å². The molecular weight excluding hydrogens is 420 g/mol. The van der Waals surface area contributed by atoms with Crippen molar-refractivity contribution in [2.75, 3.05) is 13.1 Å². The molecule has 0 aromatic carbocycles. The van der Waals surface area contributed by atoms with E-state index in [0.29, 0.717) is 30.5 Å². The molecule has 1 saturated carbocycles. The van der Waals surface area contributed by atoms with Gasteiger partial charge in [0.2, 0.25) is 0 Å².